The molecule has 1 fully saturated rings. The Morgan fingerprint density at radius 1 is 1.47 bits per heavy atom. The quantitative estimate of drug-likeness (QED) is 0.605. The summed E-state index contributed by atoms with van der Waals surface area (Å²) in [4.78, 5) is 24.0. The zero-order valence-corrected chi connectivity index (χ0v) is 12.7. The van der Waals surface area contributed by atoms with Crippen LogP contribution in [0.5, 0.6) is 0 Å². The van der Waals surface area contributed by atoms with Crippen molar-refractivity contribution in [3.8, 4) is 0 Å². The largest absolute Gasteiger partial charge is 0.548 e. The fourth-order valence-electron chi connectivity index (χ4n) is 1.50. The number of halogens is 1. The van der Waals surface area contributed by atoms with Crippen molar-refractivity contribution < 1.29 is 14.7 Å². The standard InChI is InChI=1S/C12H8BrNO3S2/c13-8-4-2-1-3-7(8)5-9-11(17)14(6-10(15)16)12(18)19-9/h1-5H,6H2,(H,15,16)/p-1/b9-5+. The molecule has 1 heterocycles. The highest BCUT2D eigenvalue weighted by Crippen LogP contribution is 2.33. The minimum Gasteiger partial charge on any atom is -0.548 e. The Morgan fingerprint density at radius 3 is 2.79 bits per heavy atom. The third-order valence-electron chi connectivity index (χ3n) is 2.35. The van der Waals surface area contributed by atoms with Crippen molar-refractivity contribution in [2.75, 3.05) is 6.54 Å². The van der Waals surface area contributed by atoms with Gasteiger partial charge in [-0.15, -0.1) is 0 Å². The van der Waals surface area contributed by atoms with Crippen LogP contribution in [0.2, 0.25) is 0 Å². The van der Waals surface area contributed by atoms with Gasteiger partial charge < -0.3 is 9.90 Å². The number of hydrogen-bond acceptors (Lipinski definition) is 5. The number of thiocarbonyl (C=S) groups is 1. The summed E-state index contributed by atoms with van der Waals surface area (Å²) in [6, 6.07) is 7.41. The molecule has 1 amide bonds. The number of benzene rings is 1. The van der Waals surface area contributed by atoms with E-state index in [1.165, 1.54) is 0 Å². The van der Waals surface area contributed by atoms with E-state index in [0.717, 1.165) is 26.7 Å². The van der Waals surface area contributed by atoms with Gasteiger partial charge in [-0.2, -0.15) is 0 Å². The topological polar surface area (TPSA) is 60.4 Å². The number of carboxylic acid groups (broad SMARTS) is 1. The molecule has 1 aromatic rings. The van der Waals surface area contributed by atoms with Crippen molar-refractivity contribution in [3.63, 3.8) is 0 Å². The average Bonchev–Trinajstić information content (AvgIpc) is 2.60. The second-order valence-corrected chi connectivity index (χ2v) is 6.19. The van der Waals surface area contributed by atoms with Gasteiger partial charge in [0.15, 0.2) is 0 Å². The molecule has 0 aliphatic carbocycles. The van der Waals surface area contributed by atoms with Gasteiger partial charge in [-0.3, -0.25) is 9.69 Å². The van der Waals surface area contributed by atoms with Crippen LogP contribution in [0.4, 0.5) is 0 Å². The van der Waals surface area contributed by atoms with Gasteiger partial charge in [-0.1, -0.05) is 58.1 Å². The first-order valence-electron chi connectivity index (χ1n) is 5.19. The number of hydrogen-bond donors (Lipinski definition) is 0. The Balaban J connectivity index is 2.28. The first kappa shape index (κ1) is 14.2. The van der Waals surface area contributed by atoms with Crippen LogP contribution in [0.25, 0.3) is 6.08 Å². The lowest BCUT2D eigenvalue weighted by Crippen LogP contribution is -2.40. The van der Waals surface area contributed by atoms with Crippen LogP contribution in [-0.4, -0.2) is 27.6 Å². The Hall–Kier alpha value is -1.18. The smallest absolute Gasteiger partial charge is 0.266 e. The normalized spacial score (nSPS) is 17.3. The molecule has 0 bridgehead atoms. The molecule has 98 valence electrons. The number of rotatable bonds is 3. The molecule has 7 heteroatoms. The minimum absolute atomic E-state index is 0.229. The average molecular weight is 357 g/mol. The molecule has 1 aromatic carbocycles. The molecule has 1 aliphatic heterocycles. The molecule has 2 rings (SSSR count). The van der Waals surface area contributed by atoms with Gasteiger partial charge in [0.1, 0.15) is 4.32 Å². The Kier molecular flexibility index (Phi) is 4.38. The molecule has 0 N–H and O–H groups in total. The van der Waals surface area contributed by atoms with Crippen molar-refractivity contribution in [1.29, 1.82) is 0 Å². The number of nitrogens with zero attached hydrogens (tertiary/aromatic N) is 1. The maximum Gasteiger partial charge on any atom is 0.266 e. The van der Waals surface area contributed by atoms with Crippen molar-refractivity contribution in [1.82, 2.24) is 4.90 Å². The molecule has 0 atom stereocenters. The number of thioether (sulfide) groups is 1. The maximum atomic E-state index is 12.0. The van der Waals surface area contributed by atoms with Gasteiger partial charge in [0.05, 0.1) is 17.4 Å². The van der Waals surface area contributed by atoms with Crippen LogP contribution in [-0.2, 0) is 9.59 Å². The summed E-state index contributed by atoms with van der Waals surface area (Å²) in [5.41, 5.74) is 0.830. The molecule has 4 nitrogen and oxygen atoms in total. The Bertz CT molecular complexity index is 600. The zero-order valence-electron chi connectivity index (χ0n) is 9.46. The molecule has 0 spiro atoms. The van der Waals surface area contributed by atoms with E-state index in [9.17, 15) is 14.7 Å². The lowest BCUT2D eigenvalue weighted by Gasteiger charge is -2.14. The molecule has 0 aromatic heterocycles. The molecular formula is C12H7BrNO3S2-. The first-order valence-corrected chi connectivity index (χ1v) is 7.20. The van der Waals surface area contributed by atoms with Crippen LogP contribution in [0.3, 0.4) is 0 Å². The van der Waals surface area contributed by atoms with Crippen molar-refractivity contribution in [3.05, 3.63) is 39.2 Å². The van der Waals surface area contributed by atoms with E-state index in [0.29, 0.717) is 4.91 Å². The van der Waals surface area contributed by atoms with Crippen LogP contribution in [0, 0.1) is 0 Å². The summed E-state index contributed by atoms with van der Waals surface area (Å²) < 4.78 is 1.08. The van der Waals surface area contributed by atoms with Crippen molar-refractivity contribution >= 4 is 62.2 Å². The van der Waals surface area contributed by atoms with Crippen LogP contribution in [0.15, 0.2) is 33.6 Å². The third-order valence-corrected chi connectivity index (χ3v) is 4.45. The van der Waals surface area contributed by atoms with E-state index in [2.05, 4.69) is 15.9 Å². The maximum absolute atomic E-state index is 12.0. The lowest BCUT2D eigenvalue weighted by atomic mass is 10.2. The molecular weight excluding hydrogens is 350 g/mol. The second kappa shape index (κ2) is 5.85. The van der Waals surface area contributed by atoms with Gasteiger partial charge in [0.25, 0.3) is 5.91 Å². The Morgan fingerprint density at radius 2 is 2.16 bits per heavy atom. The SMILES string of the molecule is O=C([O-])CN1C(=O)/C(=C\c2ccccc2Br)SC1=S. The predicted octanol–water partition coefficient (Wildman–Crippen LogP) is 1.40. The molecule has 1 saturated heterocycles. The van der Waals surface area contributed by atoms with E-state index in [-0.39, 0.29) is 4.32 Å². The van der Waals surface area contributed by atoms with Gasteiger partial charge in [-0.05, 0) is 17.7 Å². The first-order chi connectivity index (χ1) is 8.99. The number of carboxylic acids is 1. The van der Waals surface area contributed by atoms with E-state index >= 15 is 0 Å². The Labute approximate surface area is 127 Å². The molecule has 0 radical (unpaired) electrons. The van der Waals surface area contributed by atoms with Crippen molar-refractivity contribution in [2.45, 2.75) is 0 Å². The number of amides is 1. The second-order valence-electron chi connectivity index (χ2n) is 3.66. The number of carbonyl (C=O) groups is 2. The van der Waals surface area contributed by atoms with E-state index in [4.69, 9.17) is 12.2 Å². The lowest BCUT2D eigenvalue weighted by molar-refractivity contribution is -0.305. The highest BCUT2D eigenvalue weighted by molar-refractivity contribution is 9.10. The van der Waals surface area contributed by atoms with Gasteiger partial charge >= 0.3 is 0 Å². The van der Waals surface area contributed by atoms with Gasteiger partial charge in [0.2, 0.25) is 0 Å². The predicted molar refractivity (Wildman–Crippen MR) is 79.0 cm³/mol. The molecule has 0 unspecified atom stereocenters. The minimum atomic E-state index is -1.33. The number of aliphatic carboxylic acids is 1. The van der Waals surface area contributed by atoms with Gasteiger partial charge in [-0.25, -0.2) is 0 Å². The summed E-state index contributed by atoms with van der Waals surface area (Å²) in [6.07, 6.45) is 1.68. The molecule has 19 heavy (non-hydrogen) atoms. The fraction of sp³-hybridized carbons (Fsp3) is 0.0833. The van der Waals surface area contributed by atoms with Crippen molar-refractivity contribution in [2.24, 2.45) is 0 Å². The van der Waals surface area contributed by atoms with Crippen LogP contribution in [0.1, 0.15) is 5.56 Å². The summed E-state index contributed by atoms with van der Waals surface area (Å²) in [5.74, 6) is -1.74. The molecule has 1 aliphatic rings. The van der Waals surface area contributed by atoms with E-state index < -0.39 is 18.4 Å². The number of carbonyl (C=O) groups excluding carboxylic acids is 2. The van der Waals surface area contributed by atoms with Gasteiger partial charge in [0, 0.05) is 4.47 Å². The zero-order chi connectivity index (χ0) is 14.0. The monoisotopic (exact) mass is 356 g/mol. The van der Waals surface area contributed by atoms with Crippen LogP contribution >= 0.6 is 39.9 Å². The van der Waals surface area contributed by atoms with E-state index in [1.807, 2.05) is 24.3 Å². The van der Waals surface area contributed by atoms with E-state index in [1.54, 1.807) is 6.08 Å². The highest BCUT2D eigenvalue weighted by atomic mass is 79.9. The van der Waals surface area contributed by atoms with Crippen LogP contribution < -0.4 is 5.11 Å². The molecule has 0 saturated carbocycles. The summed E-state index contributed by atoms with van der Waals surface area (Å²) in [5, 5.41) is 10.6. The summed E-state index contributed by atoms with van der Waals surface area (Å²) in [6.45, 7) is -0.516. The highest BCUT2D eigenvalue weighted by Gasteiger charge is 2.31. The fourth-order valence-corrected chi connectivity index (χ4v) is 3.14. The third kappa shape index (κ3) is 3.23. The summed E-state index contributed by atoms with van der Waals surface area (Å²) >= 11 is 9.45. The summed E-state index contributed by atoms with van der Waals surface area (Å²) in [7, 11) is 0.